The van der Waals surface area contributed by atoms with E-state index >= 15 is 0 Å². The van der Waals surface area contributed by atoms with Crippen LogP contribution in [-0.2, 0) is 5.41 Å². The van der Waals surface area contributed by atoms with Gasteiger partial charge in [-0.1, -0.05) is 44.2 Å². The molecule has 0 radical (unpaired) electrons. The fourth-order valence-corrected chi connectivity index (χ4v) is 3.56. The molecule has 1 aromatic carbocycles. The van der Waals surface area contributed by atoms with Crippen molar-refractivity contribution in [3.05, 3.63) is 54.4 Å². The van der Waals surface area contributed by atoms with Gasteiger partial charge < -0.3 is 15.5 Å². The smallest absolute Gasteiger partial charge is 0.225 e. The molecule has 31 heavy (non-hydrogen) atoms. The Kier molecular flexibility index (Phi) is 10.5. The van der Waals surface area contributed by atoms with E-state index in [1.54, 1.807) is 12.4 Å². The number of aromatic nitrogens is 2. The predicted molar refractivity (Wildman–Crippen MR) is 140 cm³/mol. The maximum Gasteiger partial charge on any atom is 0.225 e. The van der Waals surface area contributed by atoms with Gasteiger partial charge in [0.1, 0.15) is 0 Å². The van der Waals surface area contributed by atoms with Crippen LogP contribution in [-0.4, -0.2) is 73.2 Å². The van der Waals surface area contributed by atoms with Crippen LogP contribution < -0.4 is 15.5 Å². The molecule has 2 heterocycles. The van der Waals surface area contributed by atoms with Gasteiger partial charge >= 0.3 is 0 Å². The standard InChI is InChI=1S/C23H35N7.HI/c1-4-24-21(28-19-23(2,3)20-9-6-5-7-10-20)25-13-14-29-15-17-30(18-16-29)22-26-11-8-12-27-22;/h5-12H,4,13-19H2,1-3H3,(H2,24,25,28);1H. The molecular weight excluding hydrogens is 501 g/mol. The Balaban J connectivity index is 0.00000341. The molecule has 2 N–H and O–H groups in total. The van der Waals surface area contributed by atoms with Crippen molar-refractivity contribution >= 4 is 35.9 Å². The van der Waals surface area contributed by atoms with Crippen LogP contribution in [0.2, 0.25) is 0 Å². The van der Waals surface area contributed by atoms with Crippen LogP contribution in [0.3, 0.4) is 0 Å². The summed E-state index contributed by atoms with van der Waals surface area (Å²) in [6.07, 6.45) is 3.61. The fraction of sp³-hybridized carbons (Fsp3) is 0.522. The number of hydrogen-bond donors (Lipinski definition) is 2. The summed E-state index contributed by atoms with van der Waals surface area (Å²) in [6.45, 7) is 14.0. The number of halogens is 1. The molecule has 0 saturated carbocycles. The maximum atomic E-state index is 4.85. The average molecular weight is 537 g/mol. The summed E-state index contributed by atoms with van der Waals surface area (Å²) in [7, 11) is 0. The molecule has 0 atom stereocenters. The topological polar surface area (TPSA) is 68.7 Å². The first-order valence-corrected chi connectivity index (χ1v) is 10.9. The highest BCUT2D eigenvalue weighted by atomic mass is 127. The van der Waals surface area contributed by atoms with Crippen molar-refractivity contribution in [2.24, 2.45) is 4.99 Å². The van der Waals surface area contributed by atoms with Crippen molar-refractivity contribution in [3.8, 4) is 0 Å². The zero-order valence-corrected chi connectivity index (χ0v) is 21.3. The summed E-state index contributed by atoms with van der Waals surface area (Å²) in [5.74, 6) is 1.72. The molecule has 0 bridgehead atoms. The summed E-state index contributed by atoms with van der Waals surface area (Å²) < 4.78 is 0. The lowest BCUT2D eigenvalue weighted by Gasteiger charge is -2.34. The summed E-state index contributed by atoms with van der Waals surface area (Å²) in [5, 5.41) is 6.86. The first kappa shape index (κ1) is 25.3. The van der Waals surface area contributed by atoms with E-state index < -0.39 is 0 Å². The van der Waals surface area contributed by atoms with E-state index in [1.807, 2.05) is 6.07 Å². The fourth-order valence-electron chi connectivity index (χ4n) is 3.56. The summed E-state index contributed by atoms with van der Waals surface area (Å²) in [6, 6.07) is 12.4. The van der Waals surface area contributed by atoms with Gasteiger partial charge in [-0.3, -0.25) is 9.89 Å². The average Bonchev–Trinajstić information content (AvgIpc) is 2.79. The molecule has 3 rings (SSSR count). The van der Waals surface area contributed by atoms with Crippen molar-refractivity contribution < 1.29 is 0 Å². The van der Waals surface area contributed by atoms with E-state index in [1.165, 1.54) is 5.56 Å². The number of piperazine rings is 1. The van der Waals surface area contributed by atoms with E-state index in [4.69, 9.17) is 4.99 Å². The van der Waals surface area contributed by atoms with Crippen molar-refractivity contribution in [2.75, 3.05) is 57.3 Å². The maximum absolute atomic E-state index is 4.85. The number of hydrogen-bond acceptors (Lipinski definition) is 5. The second-order valence-electron chi connectivity index (χ2n) is 8.25. The second kappa shape index (κ2) is 12.8. The van der Waals surface area contributed by atoms with Gasteiger partial charge in [-0.05, 0) is 18.6 Å². The molecule has 2 aromatic rings. The van der Waals surface area contributed by atoms with Crippen LogP contribution in [0.4, 0.5) is 5.95 Å². The minimum atomic E-state index is -0.000546. The number of guanidine groups is 1. The summed E-state index contributed by atoms with van der Waals surface area (Å²) in [4.78, 5) is 18.3. The molecule has 8 heteroatoms. The molecular formula is C23H36IN7. The third-order valence-corrected chi connectivity index (χ3v) is 5.46. The van der Waals surface area contributed by atoms with Gasteiger partial charge in [0.15, 0.2) is 5.96 Å². The monoisotopic (exact) mass is 537 g/mol. The van der Waals surface area contributed by atoms with Crippen LogP contribution in [0.25, 0.3) is 0 Å². The molecule has 0 unspecified atom stereocenters. The van der Waals surface area contributed by atoms with E-state index in [0.29, 0.717) is 0 Å². The predicted octanol–water partition coefficient (Wildman–Crippen LogP) is 2.75. The Hall–Kier alpha value is -1.94. The molecule has 0 spiro atoms. The Morgan fingerprint density at radius 3 is 2.32 bits per heavy atom. The SMILES string of the molecule is CCNC(=NCC(C)(C)c1ccccc1)NCCN1CCN(c2ncccn2)CC1.I. The zero-order chi connectivity index (χ0) is 21.2. The molecule has 1 aliphatic heterocycles. The van der Waals surface area contributed by atoms with E-state index in [2.05, 4.69) is 81.5 Å². The van der Waals surface area contributed by atoms with Crippen LogP contribution in [0, 0.1) is 0 Å². The van der Waals surface area contributed by atoms with Gasteiger partial charge in [0, 0.05) is 63.6 Å². The third kappa shape index (κ3) is 7.92. The second-order valence-corrected chi connectivity index (χ2v) is 8.25. The number of nitrogens with zero attached hydrogens (tertiary/aromatic N) is 5. The molecule has 1 fully saturated rings. The van der Waals surface area contributed by atoms with Gasteiger partial charge in [0.05, 0.1) is 6.54 Å². The molecule has 0 aliphatic carbocycles. The molecule has 7 nitrogen and oxygen atoms in total. The number of anilines is 1. The Morgan fingerprint density at radius 2 is 1.68 bits per heavy atom. The summed E-state index contributed by atoms with van der Waals surface area (Å²) in [5.41, 5.74) is 1.31. The van der Waals surface area contributed by atoms with E-state index in [-0.39, 0.29) is 29.4 Å². The molecule has 1 saturated heterocycles. The molecule has 1 aromatic heterocycles. The molecule has 170 valence electrons. The third-order valence-electron chi connectivity index (χ3n) is 5.46. The van der Waals surface area contributed by atoms with Crippen LogP contribution in [0.5, 0.6) is 0 Å². The lowest BCUT2D eigenvalue weighted by atomic mass is 9.85. The summed E-state index contributed by atoms with van der Waals surface area (Å²) >= 11 is 0. The van der Waals surface area contributed by atoms with Gasteiger partial charge in [-0.25, -0.2) is 9.97 Å². The van der Waals surface area contributed by atoms with Crippen molar-refractivity contribution in [1.82, 2.24) is 25.5 Å². The van der Waals surface area contributed by atoms with Crippen LogP contribution in [0.1, 0.15) is 26.3 Å². The minimum absolute atomic E-state index is 0. The number of rotatable bonds is 8. The van der Waals surface area contributed by atoms with Gasteiger partial charge in [0.25, 0.3) is 0 Å². The Bertz CT molecular complexity index is 775. The van der Waals surface area contributed by atoms with Gasteiger partial charge in [-0.15, -0.1) is 24.0 Å². The number of aliphatic imine (C=N–C) groups is 1. The van der Waals surface area contributed by atoms with Gasteiger partial charge in [-0.2, -0.15) is 0 Å². The molecule has 1 aliphatic rings. The number of nitrogens with one attached hydrogen (secondary N) is 2. The normalized spacial score (nSPS) is 15.3. The molecule has 0 amide bonds. The number of benzene rings is 1. The van der Waals surface area contributed by atoms with E-state index in [0.717, 1.165) is 64.3 Å². The van der Waals surface area contributed by atoms with E-state index in [9.17, 15) is 0 Å². The lowest BCUT2D eigenvalue weighted by Crippen LogP contribution is -2.49. The van der Waals surface area contributed by atoms with Crippen LogP contribution >= 0.6 is 24.0 Å². The largest absolute Gasteiger partial charge is 0.357 e. The first-order chi connectivity index (χ1) is 14.6. The quantitative estimate of drug-likeness (QED) is 0.307. The highest BCUT2D eigenvalue weighted by Gasteiger charge is 2.20. The zero-order valence-electron chi connectivity index (χ0n) is 18.9. The van der Waals surface area contributed by atoms with Crippen LogP contribution in [0.15, 0.2) is 53.8 Å². The lowest BCUT2D eigenvalue weighted by molar-refractivity contribution is 0.260. The first-order valence-electron chi connectivity index (χ1n) is 10.9. The van der Waals surface area contributed by atoms with Crippen molar-refractivity contribution in [2.45, 2.75) is 26.2 Å². The van der Waals surface area contributed by atoms with Crippen molar-refractivity contribution in [3.63, 3.8) is 0 Å². The van der Waals surface area contributed by atoms with Gasteiger partial charge in [0.2, 0.25) is 5.95 Å². The van der Waals surface area contributed by atoms with Crippen molar-refractivity contribution in [1.29, 1.82) is 0 Å². The Morgan fingerprint density at radius 1 is 1.00 bits per heavy atom. The highest BCUT2D eigenvalue weighted by molar-refractivity contribution is 14.0. The minimum Gasteiger partial charge on any atom is -0.357 e. The Labute approximate surface area is 203 Å². The highest BCUT2D eigenvalue weighted by Crippen LogP contribution is 2.22.